The maximum atomic E-state index is 12.1. The van der Waals surface area contributed by atoms with Crippen molar-refractivity contribution < 1.29 is 14.3 Å². The number of aryl methyl sites for hydroxylation is 1. The molecule has 0 amide bonds. The molecule has 116 valence electrons. The average molecular weight is 300 g/mol. The SMILES string of the molecule is Cc1cc(Oc2ccc(N)nc2)ccc1C(=O)OC(C)(C)C. The van der Waals surface area contributed by atoms with Crippen LogP contribution in [0.1, 0.15) is 36.7 Å². The summed E-state index contributed by atoms with van der Waals surface area (Å²) in [6.07, 6.45) is 1.55. The van der Waals surface area contributed by atoms with Crippen LogP contribution in [0.15, 0.2) is 36.5 Å². The van der Waals surface area contributed by atoms with Crippen LogP contribution < -0.4 is 10.5 Å². The Bertz CT molecular complexity index is 673. The zero-order chi connectivity index (χ0) is 16.3. The minimum atomic E-state index is -0.520. The molecule has 0 aliphatic rings. The van der Waals surface area contributed by atoms with E-state index in [0.29, 0.717) is 22.9 Å². The third-order valence-corrected chi connectivity index (χ3v) is 2.81. The molecule has 0 aliphatic carbocycles. The number of ether oxygens (including phenoxy) is 2. The van der Waals surface area contributed by atoms with Gasteiger partial charge in [-0.15, -0.1) is 0 Å². The molecule has 2 rings (SSSR count). The number of hydrogen-bond acceptors (Lipinski definition) is 5. The average Bonchev–Trinajstić information content (AvgIpc) is 2.39. The lowest BCUT2D eigenvalue weighted by Gasteiger charge is -2.20. The van der Waals surface area contributed by atoms with Gasteiger partial charge in [-0.3, -0.25) is 0 Å². The fraction of sp³-hybridized carbons (Fsp3) is 0.294. The minimum Gasteiger partial charge on any atom is -0.456 e. The van der Waals surface area contributed by atoms with Gasteiger partial charge in [0.25, 0.3) is 0 Å². The van der Waals surface area contributed by atoms with Crippen molar-refractivity contribution in [1.29, 1.82) is 0 Å². The van der Waals surface area contributed by atoms with Gasteiger partial charge in [0, 0.05) is 0 Å². The van der Waals surface area contributed by atoms with Crippen molar-refractivity contribution in [3.8, 4) is 11.5 Å². The molecule has 1 aromatic heterocycles. The molecule has 0 saturated carbocycles. The summed E-state index contributed by atoms with van der Waals surface area (Å²) in [5, 5.41) is 0. The van der Waals surface area contributed by atoms with Crippen molar-refractivity contribution >= 4 is 11.8 Å². The van der Waals surface area contributed by atoms with Crippen LogP contribution >= 0.6 is 0 Å². The van der Waals surface area contributed by atoms with Gasteiger partial charge in [0.2, 0.25) is 0 Å². The number of nitrogen functional groups attached to an aromatic ring is 1. The zero-order valence-corrected chi connectivity index (χ0v) is 13.2. The minimum absolute atomic E-state index is 0.342. The Balaban J connectivity index is 2.15. The van der Waals surface area contributed by atoms with Crippen LogP contribution in [0.4, 0.5) is 5.82 Å². The standard InChI is InChI=1S/C17H20N2O3/c1-11-9-12(21-13-6-8-15(18)19-10-13)5-7-14(11)16(20)22-17(2,3)4/h5-10H,1-4H3,(H2,18,19). The Kier molecular flexibility index (Phi) is 4.35. The van der Waals surface area contributed by atoms with Crippen LogP contribution in [0, 0.1) is 6.92 Å². The van der Waals surface area contributed by atoms with E-state index in [4.69, 9.17) is 15.2 Å². The smallest absolute Gasteiger partial charge is 0.338 e. The van der Waals surface area contributed by atoms with Crippen LogP contribution in [0.25, 0.3) is 0 Å². The fourth-order valence-electron chi connectivity index (χ4n) is 1.85. The van der Waals surface area contributed by atoms with Crippen molar-refractivity contribution in [2.75, 3.05) is 5.73 Å². The molecule has 0 unspecified atom stereocenters. The highest BCUT2D eigenvalue weighted by molar-refractivity contribution is 5.91. The number of aromatic nitrogens is 1. The van der Waals surface area contributed by atoms with Crippen molar-refractivity contribution in [2.45, 2.75) is 33.3 Å². The molecule has 0 spiro atoms. The van der Waals surface area contributed by atoms with Crippen LogP contribution in [0.5, 0.6) is 11.5 Å². The van der Waals surface area contributed by atoms with E-state index in [1.54, 1.807) is 36.5 Å². The van der Waals surface area contributed by atoms with Gasteiger partial charge in [-0.25, -0.2) is 9.78 Å². The Morgan fingerprint density at radius 1 is 1.14 bits per heavy atom. The van der Waals surface area contributed by atoms with Gasteiger partial charge in [-0.2, -0.15) is 0 Å². The quantitative estimate of drug-likeness (QED) is 0.874. The van der Waals surface area contributed by atoms with Crippen LogP contribution in [-0.2, 0) is 4.74 Å². The highest BCUT2D eigenvalue weighted by Crippen LogP contribution is 2.24. The number of benzene rings is 1. The second kappa shape index (κ2) is 6.05. The van der Waals surface area contributed by atoms with Crippen molar-refractivity contribution in [1.82, 2.24) is 4.98 Å². The second-order valence-corrected chi connectivity index (χ2v) is 6.00. The van der Waals surface area contributed by atoms with Crippen LogP contribution in [0.3, 0.4) is 0 Å². The van der Waals surface area contributed by atoms with Gasteiger partial charge in [-0.1, -0.05) is 0 Å². The van der Waals surface area contributed by atoms with Crippen molar-refractivity contribution in [3.05, 3.63) is 47.7 Å². The first-order valence-corrected chi connectivity index (χ1v) is 6.98. The molecule has 5 heteroatoms. The molecule has 0 radical (unpaired) electrons. The summed E-state index contributed by atoms with van der Waals surface area (Å²) in [5.74, 6) is 1.30. The molecule has 1 heterocycles. The summed E-state index contributed by atoms with van der Waals surface area (Å²) >= 11 is 0. The molecule has 5 nitrogen and oxygen atoms in total. The fourth-order valence-corrected chi connectivity index (χ4v) is 1.85. The lowest BCUT2D eigenvalue weighted by atomic mass is 10.1. The predicted octanol–water partition coefficient (Wildman–Crippen LogP) is 3.72. The Labute approximate surface area is 130 Å². The summed E-state index contributed by atoms with van der Waals surface area (Å²) < 4.78 is 11.1. The normalized spacial score (nSPS) is 11.1. The highest BCUT2D eigenvalue weighted by atomic mass is 16.6. The zero-order valence-electron chi connectivity index (χ0n) is 13.2. The van der Waals surface area contributed by atoms with E-state index in [9.17, 15) is 4.79 Å². The van der Waals surface area contributed by atoms with Gasteiger partial charge in [0.05, 0.1) is 11.8 Å². The van der Waals surface area contributed by atoms with Gasteiger partial charge in [0.15, 0.2) is 0 Å². The third-order valence-electron chi connectivity index (χ3n) is 2.81. The van der Waals surface area contributed by atoms with Crippen LogP contribution in [-0.4, -0.2) is 16.6 Å². The monoisotopic (exact) mass is 300 g/mol. The molecular formula is C17H20N2O3. The van der Waals surface area contributed by atoms with E-state index in [0.717, 1.165) is 5.56 Å². The van der Waals surface area contributed by atoms with Gasteiger partial charge in [0.1, 0.15) is 22.9 Å². The first kappa shape index (κ1) is 15.8. The maximum Gasteiger partial charge on any atom is 0.338 e. The van der Waals surface area contributed by atoms with Crippen molar-refractivity contribution in [3.63, 3.8) is 0 Å². The Morgan fingerprint density at radius 3 is 2.36 bits per heavy atom. The largest absolute Gasteiger partial charge is 0.456 e. The summed E-state index contributed by atoms with van der Waals surface area (Å²) in [7, 11) is 0. The molecule has 1 aromatic carbocycles. The maximum absolute atomic E-state index is 12.1. The third kappa shape index (κ3) is 4.22. The number of carbonyl (C=O) groups is 1. The Morgan fingerprint density at radius 2 is 1.82 bits per heavy atom. The number of hydrogen-bond donors (Lipinski definition) is 1. The number of nitrogens with zero attached hydrogens (tertiary/aromatic N) is 1. The molecule has 22 heavy (non-hydrogen) atoms. The van der Waals surface area contributed by atoms with Gasteiger partial charge in [-0.05, 0) is 63.6 Å². The highest BCUT2D eigenvalue weighted by Gasteiger charge is 2.19. The Hall–Kier alpha value is -2.56. The number of anilines is 1. The number of rotatable bonds is 3. The molecule has 2 aromatic rings. The summed E-state index contributed by atoms with van der Waals surface area (Å²) in [6, 6.07) is 8.61. The summed E-state index contributed by atoms with van der Waals surface area (Å²) in [4.78, 5) is 16.1. The molecule has 0 saturated heterocycles. The number of pyridine rings is 1. The lowest BCUT2D eigenvalue weighted by Crippen LogP contribution is -2.24. The molecule has 2 N–H and O–H groups in total. The van der Waals surface area contributed by atoms with E-state index >= 15 is 0 Å². The van der Waals surface area contributed by atoms with E-state index in [-0.39, 0.29) is 5.97 Å². The van der Waals surface area contributed by atoms with E-state index < -0.39 is 5.60 Å². The van der Waals surface area contributed by atoms with Gasteiger partial charge >= 0.3 is 5.97 Å². The summed E-state index contributed by atoms with van der Waals surface area (Å²) in [5.41, 5.74) is 6.32. The number of carbonyl (C=O) groups excluding carboxylic acids is 1. The topological polar surface area (TPSA) is 74.4 Å². The van der Waals surface area contributed by atoms with Crippen molar-refractivity contribution in [2.24, 2.45) is 0 Å². The molecule has 0 atom stereocenters. The lowest BCUT2D eigenvalue weighted by molar-refractivity contribution is 0.00688. The van der Waals surface area contributed by atoms with Crippen LogP contribution in [0.2, 0.25) is 0 Å². The number of nitrogens with two attached hydrogens (primary N) is 1. The van der Waals surface area contributed by atoms with E-state index in [2.05, 4.69) is 4.98 Å². The molecular weight excluding hydrogens is 280 g/mol. The van der Waals surface area contributed by atoms with E-state index in [1.807, 2.05) is 27.7 Å². The molecule has 0 bridgehead atoms. The molecule has 0 aliphatic heterocycles. The summed E-state index contributed by atoms with van der Waals surface area (Å²) in [6.45, 7) is 7.36. The van der Waals surface area contributed by atoms with Gasteiger partial charge < -0.3 is 15.2 Å². The second-order valence-electron chi connectivity index (χ2n) is 6.00. The molecule has 0 fully saturated rings. The number of esters is 1. The predicted molar refractivity (Wildman–Crippen MR) is 85.1 cm³/mol. The van der Waals surface area contributed by atoms with E-state index in [1.165, 1.54) is 0 Å². The first-order chi connectivity index (χ1) is 10.2. The first-order valence-electron chi connectivity index (χ1n) is 6.98.